The number of anilines is 1. The average molecular weight is 487 g/mol. The first-order valence-electron chi connectivity index (χ1n) is 10.4. The molecule has 0 atom stereocenters. The van der Waals surface area contributed by atoms with Gasteiger partial charge < -0.3 is 4.74 Å². The Hall–Kier alpha value is -3.64. The minimum Gasteiger partial charge on any atom is -0.471 e. The van der Waals surface area contributed by atoms with Gasteiger partial charge in [0, 0.05) is 24.3 Å². The first-order valence-corrected chi connectivity index (χ1v) is 11.8. The van der Waals surface area contributed by atoms with Gasteiger partial charge in [-0.25, -0.2) is 22.2 Å². The van der Waals surface area contributed by atoms with Crippen molar-refractivity contribution in [1.29, 1.82) is 0 Å². The number of sulfonamides is 1. The third kappa shape index (κ3) is 4.17. The molecule has 1 fully saturated rings. The largest absolute Gasteiger partial charge is 0.471 e. The summed E-state index contributed by atoms with van der Waals surface area (Å²) >= 11 is 0. The van der Waals surface area contributed by atoms with Crippen molar-refractivity contribution in [2.24, 2.45) is 0 Å². The summed E-state index contributed by atoms with van der Waals surface area (Å²) in [6.07, 6.45) is 0.0188. The third-order valence-electron chi connectivity index (χ3n) is 5.45. The molecule has 0 saturated carbocycles. The highest BCUT2D eigenvalue weighted by Gasteiger charge is 2.27. The molecule has 0 aliphatic carbocycles. The lowest BCUT2D eigenvalue weighted by Crippen LogP contribution is -2.51. The maximum atomic E-state index is 13.9. The van der Waals surface area contributed by atoms with E-state index in [4.69, 9.17) is 4.74 Å². The topological polar surface area (TPSA) is 113 Å². The van der Waals surface area contributed by atoms with Crippen molar-refractivity contribution >= 4 is 26.7 Å². The molecule has 2 aromatic carbocycles. The van der Waals surface area contributed by atoms with Gasteiger partial charge in [-0.2, -0.15) is 10.1 Å². The number of halogens is 2. The molecule has 0 radical (unpaired) electrons. The standard InChI is InChI=1S/C22H20F2N6O3S/c1-12-19-21(28-27-12)25-20(26-22(19)33-16-10-30(2)11-16)13-3-6-15(7-4-13)29-34(31,32)18-9-14(23)5-8-17(18)24/h3-9,16,29H,10-11H2,1-2H3,(H,25,26,27,28). The van der Waals surface area contributed by atoms with Crippen molar-refractivity contribution < 1.29 is 21.9 Å². The van der Waals surface area contributed by atoms with Gasteiger partial charge in [0.25, 0.3) is 10.0 Å². The Bertz CT molecular complexity index is 1480. The molecule has 1 aliphatic heterocycles. The van der Waals surface area contributed by atoms with Crippen molar-refractivity contribution in [3.05, 3.63) is 59.8 Å². The van der Waals surface area contributed by atoms with E-state index in [-0.39, 0.29) is 11.8 Å². The first kappa shape index (κ1) is 22.2. The highest BCUT2D eigenvalue weighted by molar-refractivity contribution is 7.92. The summed E-state index contributed by atoms with van der Waals surface area (Å²) in [6, 6.07) is 8.44. The number of likely N-dealkylation sites (N-methyl/N-ethyl adjacent to an activating group) is 1. The molecule has 3 heterocycles. The number of benzene rings is 2. The molecule has 34 heavy (non-hydrogen) atoms. The molecule has 0 bridgehead atoms. The number of nitrogens with zero attached hydrogens (tertiary/aromatic N) is 4. The SMILES string of the molecule is Cc1n[nH]c2nc(-c3ccc(NS(=O)(=O)c4cc(F)ccc4F)cc3)nc(OC3CN(C)C3)c12. The fraction of sp³-hybridized carbons (Fsp3) is 0.227. The Morgan fingerprint density at radius 1 is 1.12 bits per heavy atom. The predicted octanol–water partition coefficient (Wildman–Crippen LogP) is 3.10. The maximum absolute atomic E-state index is 13.9. The fourth-order valence-electron chi connectivity index (χ4n) is 3.71. The number of rotatable bonds is 6. The van der Waals surface area contributed by atoms with Crippen LogP contribution < -0.4 is 9.46 Å². The maximum Gasteiger partial charge on any atom is 0.264 e. The van der Waals surface area contributed by atoms with Crippen LogP contribution in [-0.2, 0) is 10.0 Å². The molecule has 4 aromatic rings. The van der Waals surface area contributed by atoms with Crippen LogP contribution in [0.15, 0.2) is 47.4 Å². The van der Waals surface area contributed by atoms with Gasteiger partial charge in [0.05, 0.1) is 5.69 Å². The second-order valence-electron chi connectivity index (χ2n) is 8.10. The average Bonchev–Trinajstić information content (AvgIpc) is 3.15. The molecule has 2 aromatic heterocycles. The van der Waals surface area contributed by atoms with Crippen LogP contribution in [0.4, 0.5) is 14.5 Å². The van der Waals surface area contributed by atoms with Crippen LogP contribution in [0.1, 0.15) is 5.69 Å². The summed E-state index contributed by atoms with van der Waals surface area (Å²) in [7, 11) is -2.32. The van der Waals surface area contributed by atoms with E-state index in [9.17, 15) is 17.2 Å². The van der Waals surface area contributed by atoms with Gasteiger partial charge in [0.2, 0.25) is 5.88 Å². The van der Waals surface area contributed by atoms with Crippen LogP contribution in [0.25, 0.3) is 22.4 Å². The smallest absolute Gasteiger partial charge is 0.264 e. The van der Waals surface area contributed by atoms with Crippen molar-refractivity contribution in [2.45, 2.75) is 17.9 Å². The van der Waals surface area contributed by atoms with Crippen molar-refractivity contribution in [3.8, 4) is 17.3 Å². The van der Waals surface area contributed by atoms with E-state index < -0.39 is 26.6 Å². The predicted molar refractivity (Wildman–Crippen MR) is 121 cm³/mol. The number of aromatic amines is 1. The molecule has 1 saturated heterocycles. The number of fused-ring (bicyclic) bond motifs is 1. The van der Waals surface area contributed by atoms with Gasteiger partial charge in [-0.1, -0.05) is 0 Å². The van der Waals surface area contributed by atoms with E-state index in [2.05, 4.69) is 29.8 Å². The van der Waals surface area contributed by atoms with Crippen molar-refractivity contribution in [2.75, 3.05) is 24.9 Å². The number of hydrogen-bond donors (Lipinski definition) is 2. The Morgan fingerprint density at radius 2 is 1.85 bits per heavy atom. The quantitative estimate of drug-likeness (QED) is 0.431. The molecule has 1 aliphatic rings. The molecular weight excluding hydrogens is 466 g/mol. The summed E-state index contributed by atoms with van der Waals surface area (Å²) in [5, 5.41) is 7.79. The highest BCUT2D eigenvalue weighted by Crippen LogP contribution is 2.30. The normalized spacial score (nSPS) is 14.8. The third-order valence-corrected chi connectivity index (χ3v) is 6.85. The minimum absolute atomic E-state index is 0.0188. The molecule has 0 spiro atoms. The summed E-state index contributed by atoms with van der Waals surface area (Å²) < 4.78 is 60.7. The van der Waals surface area contributed by atoms with E-state index in [1.54, 1.807) is 12.1 Å². The Balaban J connectivity index is 1.43. The summed E-state index contributed by atoms with van der Waals surface area (Å²) in [5.41, 5.74) is 2.01. The van der Waals surface area contributed by atoms with Gasteiger partial charge in [0.15, 0.2) is 11.5 Å². The Kier molecular flexibility index (Phi) is 5.41. The zero-order valence-corrected chi connectivity index (χ0v) is 19.0. The molecule has 0 amide bonds. The second-order valence-corrected chi connectivity index (χ2v) is 9.75. The van der Waals surface area contributed by atoms with E-state index >= 15 is 0 Å². The number of H-pyrrole nitrogens is 1. The number of likely N-dealkylation sites (tertiary alicyclic amines) is 1. The molecule has 9 nitrogen and oxygen atoms in total. The first-order chi connectivity index (χ1) is 16.2. The van der Waals surface area contributed by atoms with E-state index in [0.29, 0.717) is 34.4 Å². The number of aryl methyl sites for hydroxylation is 1. The molecule has 176 valence electrons. The number of nitrogens with one attached hydrogen (secondary N) is 2. The van der Waals surface area contributed by atoms with Gasteiger partial charge in [-0.15, -0.1) is 0 Å². The summed E-state index contributed by atoms with van der Waals surface area (Å²) in [5.74, 6) is -1.11. The number of hydrogen-bond acceptors (Lipinski definition) is 7. The summed E-state index contributed by atoms with van der Waals surface area (Å²) in [4.78, 5) is 10.5. The van der Waals surface area contributed by atoms with Crippen LogP contribution in [0, 0.1) is 18.6 Å². The molecule has 12 heteroatoms. The zero-order chi connectivity index (χ0) is 24.0. The lowest BCUT2D eigenvalue weighted by Gasteiger charge is -2.35. The van der Waals surface area contributed by atoms with Gasteiger partial charge in [-0.3, -0.25) is 14.7 Å². The Labute approximate surface area is 193 Å². The second kappa shape index (κ2) is 8.29. The van der Waals surface area contributed by atoms with Crippen LogP contribution in [0.2, 0.25) is 0 Å². The monoisotopic (exact) mass is 486 g/mol. The molecular formula is C22H20F2N6O3S. The summed E-state index contributed by atoms with van der Waals surface area (Å²) in [6.45, 7) is 3.42. The van der Waals surface area contributed by atoms with Crippen LogP contribution >= 0.6 is 0 Å². The van der Waals surface area contributed by atoms with Gasteiger partial charge in [-0.05, 0) is 56.4 Å². The lowest BCUT2D eigenvalue weighted by molar-refractivity contribution is 0.0368. The van der Waals surface area contributed by atoms with Gasteiger partial charge in [0.1, 0.15) is 28.0 Å². The highest BCUT2D eigenvalue weighted by atomic mass is 32.2. The van der Waals surface area contributed by atoms with Crippen molar-refractivity contribution in [3.63, 3.8) is 0 Å². The zero-order valence-electron chi connectivity index (χ0n) is 18.2. The van der Waals surface area contributed by atoms with Crippen LogP contribution in [-0.4, -0.2) is 59.7 Å². The van der Waals surface area contributed by atoms with Crippen molar-refractivity contribution in [1.82, 2.24) is 25.1 Å². The number of ether oxygens (including phenoxy) is 1. The van der Waals surface area contributed by atoms with Crippen LogP contribution in [0.3, 0.4) is 0 Å². The van der Waals surface area contributed by atoms with E-state index in [1.165, 1.54) is 12.1 Å². The Morgan fingerprint density at radius 3 is 2.56 bits per heavy atom. The van der Waals surface area contributed by atoms with Gasteiger partial charge >= 0.3 is 0 Å². The molecule has 0 unspecified atom stereocenters. The van der Waals surface area contributed by atoms with Crippen LogP contribution in [0.5, 0.6) is 5.88 Å². The van der Waals surface area contributed by atoms with E-state index in [1.807, 2.05) is 14.0 Å². The minimum atomic E-state index is -4.32. The van der Waals surface area contributed by atoms with E-state index in [0.717, 1.165) is 30.9 Å². The number of aromatic nitrogens is 4. The fourth-order valence-corrected chi connectivity index (χ4v) is 4.86. The molecule has 2 N–H and O–H groups in total. The lowest BCUT2D eigenvalue weighted by atomic mass is 10.2. The molecule has 5 rings (SSSR count).